The molecular weight excluding hydrogens is 198 g/mol. The van der Waals surface area contributed by atoms with Crippen LogP contribution in [0.3, 0.4) is 0 Å². The minimum atomic E-state index is -3.31. The fourth-order valence-corrected chi connectivity index (χ4v) is 1.12. The normalized spacial score (nSPS) is 11.8. The van der Waals surface area contributed by atoms with E-state index in [9.17, 15) is 13.6 Å². The molecule has 1 aromatic heterocycles. The lowest BCUT2D eigenvalue weighted by Gasteiger charge is -1.98. The average molecular weight is 207 g/mol. The van der Waals surface area contributed by atoms with Gasteiger partial charge in [-0.3, -0.25) is 4.63 Å². The van der Waals surface area contributed by atoms with Crippen LogP contribution in [0.5, 0.6) is 0 Å². The first kappa shape index (κ1) is 9.93. The Hall–Kier alpha value is -1.15. The van der Waals surface area contributed by atoms with Crippen molar-refractivity contribution >= 4 is 10.0 Å². The monoisotopic (exact) mass is 207 g/mol. The zero-order valence-corrected chi connectivity index (χ0v) is 7.96. The quantitative estimate of drug-likeness (QED) is 0.619. The molecule has 0 unspecified atom stereocenters. The van der Waals surface area contributed by atoms with Crippen LogP contribution >= 0.6 is 0 Å². The Morgan fingerprint density at radius 2 is 2.31 bits per heavy atom. The number of sulfonamides is 1. The molecule has 7 nitrogen and oxygen atoms in total. The zero-order chi connectivity index (χ0) is 10.1. The first-order chi connectivity index (χ1) is 5.90. The maximum absolute atomic E-state index is 10.8. The molecule has 1 N–H and O–H groups in total. The highest BCUT2D eigenvalue weighted by Crippen LogP contribution is 1.97. The zero-order valence-electron chi connectivity index (χ0n) is 7.14. The number of aromatic nitrogens is 2. The molecule has 0 aliphatic heterocycles. The Balaban J connectivity index is 2.75. The predicted molar refractivity (Wildman–Crippen MR) is 41.9 cm³/mol. The van der Waals surface area contributed by atoms with Gasteiger partial charge in [0.2, 0.25) is 21.4 Å². The van der Waals surface area contributed by atoms with E-state index in [1.165, 1.54) is 0 Å². The number of aryl methyl sites for hydroxylation is 1. The summed E-state index contributed by atoms with van der Waals surface area (Å²) in [5.74, 6) is 0. The van der Waals surface area contributed by atoms with Crippen molar-refractivity contribution < 1.29 is 17.9 Å². The molecule has 8 heteroatoms. The van der Waals surface area contributed by atoms with Crippen LogP contribution in [0.2, 0.25) is 0 Å². The van der Waals surface area contributed by atoms with Gasteiger partial charge in [0.1, 0.15) is 0 Å². The van der Waals surface area contributed by atoms with Crippen molar-refractivity contribution in [2.24, 2.45) is 0 Å². The van der Waals surface area contributed by atoms with E-state index in [0.29, 0.717) is 5.69 Å². The van der Waals surface area contributed by atoms with E-state index >= 15 is 0 Å². The lowest BCUT2D eigenvalue weighted by atomic mass is 10.3. The standard InChI is InChI=1S/C5H9N3O4S/c1-4-5(8(9)12-7-4)3-6-13(2,10)11/h6H,3H2,1-2H3. The van der Waals surface area contributed by atoms with Crippen LogP contribution in [0.1, 0.15) is 11.4 Å². The Morgan fingerprint density at radius 3 is 2.69 bits per heavy atom. The summed E-state index contributed by atoms with van der Waals surface area (Å²) in [6.45, 7) is 1.44. The van der Waals surface area contributed by atoms with E-state index < -0.39 is 10.0 Å². The molecule has 0 radical (unpaired) electrons. The highest BCUT2D eigenvalue weighted by molar-refractivity contribution is 7.88. The van der Waals surface area contributed by atoms with Crippen molar-refractivity contribution in [1.82, 2.24) is 9.88 Å². The predicted octanol–water partition coefficient (Wildman–Crippen LogP) is -1.33. The molecule has 0 aliphatic carbocycles. The molecule has 0 saturated heterocycles. The van der Waals surface area contributed by atoms with Gasteiger partial charge >= 0.3 is 0 Å². The Morgan fingerprint density at radius 1 is 1.69 bits per heavy atom. The minimum absolute atomic E-state index is 0.113. The van der Waals surface area contributed by atoms with Crippen molar-refractivity contribution in [2.45, 2.75) is 13.5 Å². The summed E-state index contributed by atoms with van der Waals surface area (Å²) in [5, 5.41) is 14.2. The smallest absolute Gasteiger partial charge is 0.219 e. The number of nitrogens with one attached hydrogen (secondary N) is 1. The van der Waals surface area contributed by atoms with E-state index in [4.69, 9.17) is 0 Å². The van der Waals surface area contributed by atoms with Gasteiger partial charge in [-0.2, -0.15) is 0 Å². The average Bonchev–Trinajstić information content (AvgIpc) is 2.27. The molecule has 0 fully saturated rings. The van der Waals surface area contributed by atoms with Crippen LogP contribution in [0.15, 0.2) is 4.63 Å². The third-order valence-corrected chi connectivity index (χ3v) is 2.06. The second kappa shape index (κ2) is 3.30. The summed E-state index contributed by atoms with van der Waals surface area (Å²) >= 11 is 0. The molecule has 1 rings (SSSR count). The van der Waals surface area contributed by atoms with Crippen LogP contribution in [0.25, 0.3) is 0 Å². The maximum atomic E-state index is 10.8. The SMILES string of the molecule is Cc1no[n+]([O-])c1CNS(C)(=O)=O. The first-order valence-corrected chi connectivity index (χ1v) is 5.29. The summed E-state index contributed by atoms with van der Waals surface area (Å²) in [4.78, 5) is 0.174. The molecule has 0 aliphatic rings. The first-order valence-electron chi connectivity index (χ1n) is 3.40. The molecule has 74 valence electrons. The number of rotatable bonds is 3. The fourth-order valence-electron chi connectivity index (χ4n) is 0.724. The number of hydrogen-bond acceptors (Lipinski definition) is 5. The molecule has 0 bridgehead atoms. The fraction of sp³-hybridized carbons (Fsp3) is 0.600. The molecule has 1 heterocycles. The number of hydrogen-bond donors (Lipinski definition) is 1. The molecule has 0 atom stereocenters. The van der Waals surface area contributed by atoms with Crippen molar-refractivity contribution in [1.29, 1.82) is 0 Å². The highest BCUT2D eigenvalue weighted by atomic mass is 32.2. The summed E-state index contributed by atoms with van der Waals surface area (Å²) < 4.78 is 27.7. The van der Waals surface area contributed by atoms with E-state index in [1.54, 1.807) is 6.92 Å². The van der Waals surface area contributed by atoms with Crippen LogP contribution in [-0.2, 0) is 16.6 Å². The number of nitrogens with zero attached hydrogens (tertiary/aromatic N) is 2. The lowest BCUT2D eigenvalue weighted by Crippen LogP contribution is -2.33. The second-order valence-electron chi connectivity index (χ2n) is 2.56. The maximum Gasteiger partial charge on any atom is 0.219 e. The van der Waals surface area contributed by atoms with E-state index in [-0.39, 0.29) is 17.1 Å². The van der Waals surface area contributed by atoms with Crippen LogP contribution in [0, 0.1) is 12.1 Å². The topological polar surface area (TPSA) is 99.1 Å². The Bertz CT molecular complexity index is 376. The van der Waals surface area contributed by atoms with Gasteiger partial charge in [-0.1, -0.05) is 0 Å². The third-order valence-electron chi connectivity index (χ3n) is 1.39. The molecule has 0 amide bonds. The molecule has 0 saturated carbocycles. The Labute approximate surface area is 74.9 Å². The lowest BCUT2D eigenvalue weighted by molar-refractivity contribution is -0.808. The van der Waals surface area contributed by atoms with Gasteiger partial charge in [-0.15, -0.1) is 0 Å². The molecule has 13 heavy (non-hydrogen) atoms. The largest absolute Gasteiger partial charge is 0.359 e. The molecule has 1 aromatic rings. The summed E-state index contributed by atoms with van der Waals surface area (Å²) in [5.41, 5.74) is 0.525. The van der Waals surface area contributed by atoms with Crippen molar-refractivity contribution in [3.63, 3.8) is 0 Å². The van der Waals surface area contributed by atoms with Crippen LogP contribution in [0.4, 0.5) is 0 Å². The van der Waals surface area contributed by atoms with Crippen LogP contribution in [-0.4, -0.2) is 19.8 Å². The highest BCUT2D eigenvalue weighted by Gasteiger charge is 2.15. The van der Waals surface area contributed by atoms with E-state index in [1.807, 2.05) is 0 Å². The van der Waals surface area contributed by atoms with Gasteiger partial charge in [0, 0.05) is 12.1 Å². The van der Waals surface area contributed by atoms with Crippen molar-refractivity contribution in [3.05, 3.63) is 16.6 Å². The van der Waals surface area contributed by atoms with Gasteiger partial charge in [0.15, 0.2) is 0 Å². The van der Waals surface area contributed by atoms with E-state index in [2.05, 4.69) is 14.5 Å². The van der Waals surface area contributed by atoms with Crippen molar-refractivity contribution in [3.8, 4) is 0 Å². The minimum Gasteiger partial charge on any atom is -0.359 e. The third kappa shape index (κ3) is 2.67. The van der Waals surface area contributed by atoms with Crippen LogP contribution < -0.4 is 9.63 Å². The molecular formula is C5H9N3O4S. The summed E-state index contributed by atoms with van der Waals surface area (Å²) in [6.07, 6.45) is 1.00. The van der Waals surface area contributed by atoms with Gasteiger partial charge in [-0.05, 0) is 4.90 Å². The van der Waals surface area contributed by atoms with Gasteiger partial charge in [0.25, 0.3) is 0 Å². The second-order valence-corrected chi connectivity index (χ2v) is 4.39. The van der Waals surface area contributed by atoms with Gasteiger partial charge < -0.3 is 5.21 Å². The summed E-state index contributed by atoms with van der Waals surface area (Å²) in [6, 6.07) is 0. The van der Waals surface area contributed by atoms with E-state index in [0.717, 1.165) is 6.26 Å². The Kier molecular flexibility index (Phi) is 2.52. The summed E-state index contributed by atoms with van der Waals surface area (Å²) in [7, 11) is -3.31. The molecule has 0 aromatic carbocycles. The van der Waals surface area contributed by atoms with Gasteiger partial charge in [0.05, 0.1) is 12.8 Å². The van der Waals surface area contributed by atoms with Gasteiger partial charge in [-0.25, -0.2) is 13.1 Å². The van der Waals surface area contributed by atoms with Crippen molar-refractivity contribution in [2.75, 3.05) is 6.26 Å². The molecule has 0 spiro atoms.